The molecule has 0 radical (unpaired) electrons. The number of nitrogens with one attached hydrogen (secondary N) is 1. The van der Waals surface area contributed by atoms with E-state index in [1.165, 1.54) is 16.2 Å². The van der Waals surface area contributed by atoms with Crippen LogP contribution in [0.2, 0.25) is 0 Å². The van der Waals surface area contributed by atoms with E-state index in [0.29, 0.717) is 6.54 Å². The molecule has 0 saturated heterocycles. The summed E-state index contributed by atoms with van der Waals surface area (Å²) in [7, 11) is 0. The van der Waals surface area contributed by atoms with Crippen molar-refractivity contribution in [1.82, 2.24) is 5.32 Å². The maximum absolute atomic E-state index is 10.5. The Labute approximate surface area is 120 Å². The van der Waals surface area contributed by atoms with Crippen molar-refractivity contribution < 1.29 is 4.92 Å². The van der Waals surface area contributed by atoms with Crippen LogP contribution < -0.4 is 5.32 Å². The maximum atomic E-state index is 10.5. The summed E-state index contributed by atoms with van der Waals surface area (Å²) in [6.45, 7) is 1.56. The summed E-state index contributed by atoms with van der Waals surface area (Å²) in [6, 6.07) is 11.9. The summed E-state index contributed by atoms with van der Waals surface area (Å²) in [4.78, 5) is 11.5. The van der Waals surface area contributed by atoms with Gasteiger partial charge in [0.05, 0.1) is 4.92 Å². The van der Waals surface area contributed by atoms with Crippen molar-refractivity contribution in [2.24, 2.45) is 0 Å². The summed E-state index contributed by atoms with van der Waals surface area (Å²) in [5.74, 6) is 0.982. The van der Waals surface area contributed by atoms with Gasteiger partial charge < -0.3 is 5.32 Å². The molecular formula is C13H14N2O2S2. The second kappa shape index (κ2) is 7.28. The van der Waals surface area contributed by atoms with Crippen LogP contribution in [0.5, 0.6) is 0 Å². The van der Waals surface area contributed by atoms with Gasteiger partial charge in [-0.3, -0.25) is 10.1 Å². The molecule has 1 aromatic carbocycles. The summed E-state index contributed by atoms with van der Waals surface area (Å²) in [6.07, 6.45) is 0. The van der Waals surface area contributed by atoms with Crippen molar-refractivity contribution in [3.05, 3.63) is 57.5 Å². The molecule has 0 saturated carbocycles. The fourth-order valence-electron chi connectivity index (χ4n) is 1.54. The van der Waals surface area contributed by atoms with Gasteiger partial charge in [-0.1, -0.05) is 29.5 Å². The van der Waals surface area contributed by atoms with Crippen LogP contribution in [0.15, 0.2) is 46.7 Å². The highest BCUT2D eigenvalue weighted by Gasteiger charge is 2.08. The molecule has 0 amide bonds. The van der Waals surface area contributed by atoms with E-state index < -0.39 is 0 Å². The lowest BCUT2D eigenvalue weighted by atomic mass is 10.3. The fourth-order valence-corrected chi connectivity index (χ4v) is 3.10. The Morgan fingerprint density at radius 2 is 2.11 bits per heavy atom. The normalized spacial score (nSPS) is 10.5. The number of hydrogen-bond donors (Lipinski definition) is 1. The molecule has 0 bridgehead atoms. The Morgan fingerprint density at radius 1 is 1.32 bits per heavy atom. The molecular weight excluding hydrogens is 280 g/mol. The first-order valence-corrected chi connectivity index (χ1v) is 7.72. The molecule has 0 atom stereocenters. The maximum Gasteiger partial charge on any atom is 0.324 e. The highest BCUT2D eigenvalue weighted by Crippen LogP contribution is 2.22. The summed E-state index contributed by atoms with van der Waals surface area (Å²) in [5, 5.41) is 15.9. The molecule has 6 heteroatoms. The number of thioether (sulfide) groups is 1. The van der Waals surface area contributed by atoms with Gasteiger partial charge in [0.1, 0.15) is 0 Å². The Balaban J connectivity index is 1.65. The van der Waals surface area contributed by atoms with Crippen LogP contribution in [0.4, 0.5) is 5.00 Å². The van der Waals surface area contributed by atoms with Gasteiger partial charge in [0.2, 0.25) is 0 Å². The lowest BCUT2D eigenvalue weighted by Crippen LogP contribution is -2.15. The van der Waals surface area contributed by atoms with Crippen molar-refractivity contribution in [2.75, 3.05) is 12.3 Å². The quantitative estimate of drug-likeness (QED) is 0.367. The number of benzene rings is 1. The van der Waals surface area contributed by atoms with Crippen LogP contribution >= 0.6 is 23.1 Å². The SMILES string of the molecule is O=[N+]([O-])c1cc(CNCCSc2ccccc2)cs1. The van der Waals surface area contributed by atoms with Crippen LogP contribution in [0.1, 0.15) is 5.56 Å². The van der Waals surface area contributed by atoms with E-state index in [2.05, 4.69) is 17.4 Å². The molecule has 0 unspecified atom stereocenters. The lowest BCUT2D eigenvalue weighted by Gasteiger charge is -2.03. The first-order chi connectivity index (χ1) is 9.25. The van der Waals surface area contributed by atoms with Gasteiger partial charge in [-0.2, -0.15) is 0 Å². The van der Waals surface area contributed by atoms with E-state index >= 15 is 0 Å². The molecule has 0 aliphatic carbocycles. The summed E-state index contributed by atoms with van der Waals surface area (Å²) >= 11 is 2.97. The third-order valence-corrected chi connectivity index (χ3v) is 4.38. The number of nitrogens with zero attached hydrogens (tertiary/aromatic N) is 1. The predicted octanol–water partition coefficient (Wildman–Crippen LogP) is 3.54. The first-order valence-electron chi connectivity index (χ1n) is 5.86. The second-order valence-electron chi connectivity index (χ2n) is 3.89. The zero-order chi connectivity index (χ0) is 13.5. The third-order valence-electron chi connectivity index (χ3n) is 2.44. The molecule has 0 aliphatic heterocycles. The standard InChI is InChI=1S/C13H14N2O2S2/c16-15(17)13-8-11(10-19-13)9-14-6-7-18-12-4-2-1-3-5-12/h1-5,8,10,14H,6-7,9H2. The van der Waals surface area contributed by atoms with Gasteiger partial charge in [-0.05, 0) is 17.7 Å². The minimum atomic E-state index is -0.348. The highest BCUT2D eigenvalue weighted by molar-refractivity contribution is 7.99. The molecule has 1 N–H and O–H groups in total. The minimum absolute atomic E-state index is 0.204. The zero-order valence-electron chi connectivity index (χ0n) is 10.2. The lowest BCUT2D eigenvalue weighted by molar-refractivity contribution is -0.380. The predicted molar refractivity (Wildman–Crippen MR) is 79.8 cm³/mol. The Bertz CT molecular complexity index is 528. The van der Waals surface area contributed by atoms with Gasteiger partial charge in [0, 0.05) is 35.2 Å². The Kier molecular flexibility index (Phi) is 5.38. The Morgan fingerprint density at radius 3 is 2.79 bits per heavy atom. The van der Waals surface area contributed by atoms with Crippen LogP contribution in [0.25, 0.3) is 0 Å². The van der Waals surface area contributed by atoms with E-state index in [1.54, 1.807) is 17.8 Å². The van der Waals surface area contributed by atoms with Crippen molar-refractivity contribution in [2.45, 2.75) is 11.4 Å². The van der Waals surface area contributed by atoms with Crippen LogP contribution in [-0.2, 0) is 6.54 Å². The summed E-state index contributed by atoms with van der Waals surface area (Å²) < 4.78 is 0. The first kappa shape index (κ1) is 14.0. The molecule has 19 heavy (non-hydrogen) atoms. The molecule has 100 valence electrons. The smallest absolute Gasteiger partial charge is 0.312 e. The van der Waals surface area contributed by atoms with Crippen LogP contribution in [0.3, 0.4) is 0 Å². The largest absolute Gasteiger partial charge is 0.324 e. The molecule has 2 rings (SSSR count). The molecule has 1 heterocycles. The molecule has 4 nitrogen and oxygen atoms in total. The van der Waals surface area contributed by atoms with Gasteiger partial charge in [0.15, 0.2) is 0 Å². The number of hydrogen-bond acceptors (Lipinski definition) is 5. The Hall–Kier alpha value is -1.37. The molecule has 0 spiro atoms. The van der Waals surface area contributed by atoms with Gasteiger partial charge in [-0.25, -0.2) is 0 Å². The van der Waals surface area contributed by atoms with E-state index in [9.17, 15) is 10.1 Å². The monoisotopic (exact) mass is 294 g/mol. The van der Waals surface area contributed by atoms with Gasteiger partial charge in [-0.15, -0.1) is 11.8 Å². The molecule has 0 aliphatic rings. The number of rotatable bonds is 7. The average Bonchev–Trinajstić information content (AvgIpc) is 2.89. The topological polar surface area (TPSA) is 55.2 Å². The third kappa shape index (κ3) is 4.66. The molecule has 2 aromatic rings. The minimum Gasteiger partial charge on any atom is -0.312 e. The van der Waals surface area contributed by atoms with E-state index in [4.69, 9.17) is 0 Å². The van der Waals surface area contributed by atoms with Crippen LogP contribution in [-0.4, -0.2) is 17.2 Å². The summed E-state index contributed by atoms with van der Waals surface area (Å²) in [5.41, 5.74) is 0.974. The van der Waals surface area contributed by atoms with Crippen molar-refractivity contribution >= 4 is 28.1 Å². The highest BCUT2D eigenvalue weighted by atomic mass is 32.2. The average molecular weight is 294 g/mol. The van der Waals surface area contributed by atoms with Crippen molar-refractivity contribution in [3.8, 4) is 0 Å². The zero-order valence-corrected chi connectivity index (χ0v) is 11.9. The van der Waals surface area contributed by atoms with Crippen molar-refractivity contribution in [1.29, 1.82) is 0 Å². The van der Waals surface area contributed by atoms with Gasteiger partial charge >= 0.3 is 5.00 Å². The fraction of sp³-hybridized carbons (Fsp3) is 0.231. The van der Waals surface area contributed by atoms with Crippen LogP contribution in [0, 0.1) is 10.1 Å². The van der Waals surface area contributed by atoms with Crippen molar-refractivity contribution in [3.63, 3.8) is 0 Å². The molecule has 0 fully saturated rings. The number of thiophene rings is 1. The van der Waals surface area contributed by atoms with E-state index in [1.807, 2.05) is 23.6 Å². The number of nitro groups is 1. The van der Waals surface area contributed by atoms with E-state index in [0.717, 1.165) is 17.9 Å². The molecule has 1 aromatic heterocycles. The van der Waals surface area contributed by atoms with Gasteiger partial charge in [0.25, 0.3) is 0 Å². The second-order valence-corrected chi connectivity index (χ2v) is 5.95. The van der Waals surface area contributed by atoms with E-state index in [-0.39, 0.29) is 9.92 Å².